The maximum absolute atomic E-state index is 12.9. The number of hydrogen-bond acceptors (Lipinski definition) is 6. The first-order valence-corrected chi connectivity index (χ1v) is 11.1. The van der Waals surface area contributed by atoms with E-state index >= 15 is 0 Å². The van der Waals surface area contributed by atoms with Crippen LogP contribution in [0.25, 0.3) is 0 Å². The number of ether oxygens (including phenoxy) is 3. The van der Waals surface area contributed by atoms with Crippen molar-refractivity contribution in [3.05, 3.63) is 39.8 Å². The lowest BCUT2D eigenvalue weighted by atomic mass is 9.95. The van der Waals surface area contributed by atoms with E-state index in [2.05, 4.69) is 15.4 Å². The fourth-order valence-electron chi connectivity index (χ4n) is 3.58. The van der Waals surface area contributed by atoms with Crippen LogP contribution in [-0.4, -0.2) is 45.8 Å². The molecule has 10 heteroatoms. The van der Waals surface area contributed by atoms with Crippen LogP contribution in [0.2, 0.25) is 0 Å². The van der Waals surface area contributed by atoms with Crippen LogP contribution >= 0.6 is 11.3 Å². The molecule has 0 radical (unpaired) electrons. The fraction of sp³-hybridized carbons (Fsp3) is 0.455. The van der Waals surface area contributed by atoms with Gasteiger partial charge in [-0.3, -0.25) is 9.59 Å². The number of alkyl halides is 2. The van der Waals surface area contributed by atoms with Crippen molar-refractivity contribution in [1.82, 2.24) is 5.32 Å². The Kier molecular flexibility index (Phi) is 8.40. The maximum atomic E-state index is 12.9. The van der Waals surface area contributed by atoms with E-state index in [4.69, 9.17) is 9.47 Å². The predicted octanol–water partition coefficient (Wildman–Crippen LogP) is 4.26. The second-order valence-corrected chi connectivity index (χ2v) is 8.32. The van der Waals surface area contributed by atoms with Gasteiger partial charge in [-0.1, -0.05) is 0 Å². The zero-order valence-electron chi connectivity index (χ0n) is 18.0. The molecule has 1 aromatic heterocycles. The van der Waals surface area contributed by atoms with Crippen molar-refractivity contribution < 1.29 is 32.6 Å². The first-order valence-electron chi connectivity index (χ1n) is 10.3. The Balaban J connectivity index is 1.82. The van der Waals surface area contributed by atoms with Gasteiger partial charge >= 0.3 is 6.61 Å². The summed E-state index contributed by atoms with van der Waals surface area (Å²) in [5.74, 6) is -0.853. The van der Waals surface area contributed by atoms with E-state index in [0.717, 1.165) is 36.1 Å². The molecule has 174 valence electrons. The van der Waals surface area contributed by atoms with Crippen LogP contribution in [-0.2, 0) is 17.6 Å². The number of amides is 2. The molecule has 0 spiro atoms. The highest BCUT2D eigenvalue weighted by atomic mass is 32.1. The molecule has 1 aliphatic rings. The predicted molar refractivity (Wildman–Crippen MR) is 117 cm³/mol. The molecular formula is C22H26F2N2O5S. The smallest absolute Gasteiger partial charge is 0.387 e. The van der Waals surface area contributed by atoms with Crippen LogP contribution in [0.4, 0.5) is 13.8 Å². The van der Waals surface area contributed by atoms with Gasteiger partial charge in [-0.05, 0) is 55.9 Å². The topological polar surface area (TPSA) is 85.9 Å². The van der Waals surface area contributed by atoms with Crippen LogP contribution in [0.3, 0.4) is 0 Å². The number of fused-ring (bicyclic) bond motifs is 1. The second-order valence-electron chi connectivity index (χ2n) is 7.22. The Morgan fingerprint density at radius 3 is 2.62 bits per heavy atom. The van der Waals surface area contributed by atoms with E-state index in [1.165, 1.54) is 36.6 Å². The van der Waals surface area contributed by atoms with Crippen molar-refractivity contribution >= 4 is 28.2 Å². The van der Waals surface area contributed by atoms with Gasteiger partial charge in [0, 0.05) is 30.7 Å². The molecule has 0 aliphatic heterocycles. The number of rotatable bonds is 10. The van der Waals surface area contributed by atoms with Gasteiger partial charge in [0.15, 0.2) is 11.5 Å². The molecule has 1 aliphatic carbocycles. The quantitative estimate of drug-likeness (QED) is 0.509. The van der Waals surface area contributed by atoms with Gasteiger partial charge in [-0.15, -0.1) is 11.3 Å². The Bertz CT molecular complexity index is 964. The normalized spacial score (nSPS) is 12.9. The summed E-state index contributed by atoms with van der Waals surface area (Å²) in [5, 5.41) is 6.21. The van der Waals surface area contributed by atoms with Crippen molar-refractivity contribution in [2.75, 3.05) is 32.7 Å². The summed E-state index contributed by atoms with van der Waals surface area (Å²) in [5.41, 5.74) is 1.68. The average Bonchev–Trinajstić information content (AvgIpc) is 3.14. The number of anilines is 1. The number of thiophene rings is 1. The second kappa shape index (κ2) is 11.2. The third-order valence-corrected chi connectivity index (χ3v) is 6.29. The monoisotopic (exact) mass is 468 g/mol. The number of nitrogens with one attached hydrogen (secondary N) is 2. The van der Waals surface area contributed by atoms with Crippen molar-refractivity contribution in [2.45, 2.75) is 38.7 Å². The number of hydrogen-bond donors (Lipinski definition) is 2. The molecule has 0 bridgehead atoms. The SMILES string of the molecule is COCCCNC(=O)c1c(NC(=O)c2ccc(OC(F)F)c(OC)c2)sc2c1CCCC2. The molecule has 1 aromatic carbocycles. The number of benzene rings is 1. The molecule has 0 fully saturated rings. The van der Waals surface area contributed by atoms with Crippen LogP contribution in [0.1, 0.15) is 50.4 Å². The highest BCUT2D eigenvalue weighted by Crippen LogP contribution is 2.38. The number of aryl methyl sites for hydroxylation is 1. The average molecular weight is 469 g/mol. The van der Waals surface area contributed by atoms with Crippen LogP contribution in [0, 0.1) is 0 Å². The lowest BCUT2D eigenvalue weighted by Crippen LogP contribution is -2.27. The molecule has 0 saturated heterocycles. The van der Waals surface area contributed by atoms with Crippen molar-refractivity contribution in [3.8, 4) is 11.5 Å². The summed E-state index contributed by atoms with van der Waals surface area (Å²) in [4.78, 5) is 26.9. The molecule has 2 amide bonds. The molecule has 0 atom stereocenters. The summed E-state index contributed by atoms with van der Waals surface area (Å²) < 4.78 is 39.6. The van der Waals surface area contributed by atoms with E-state index in [1.807, 2.05) is 0 Å². The summed E-state index contributed by atoms with van der Waals surface area (Å²) in [6.07, 6.45) is 4.37. The molecule has 0 saturated carbocycles. The molecular weight excluding hydrogens is 442 g/mol. The van der Waals surface area contributed by atoms with E-state index < -0.39 is 12.5 Å². The molecule has 2 aromatic rings. The molecule has 7 nitrogen and oxygen atoms in total. The lowest BCUT2D eigenvalue weighted by molar-refractivity contribution is -0.0512. The number of halogens is 2. The molecule has 32 heavy (non-hydrogen) atoms. The van der Waals surface area contributed by atoms with E-state index in [9.17, 15) is 18.4 Å². The number of carbonyl (C=O) groups is 2. The maximum Gasteiger partial charge on any atom is 0.387 e. The van der Waals surface area contributed by atoms with Gasteiger partial charge < -0.3 is 24.8 Å². The Morgan fingerprint density at radius 1 is 1.12 bits per heavy atom. The Hall–Kier alpha value is -2.72. The summed E-state index contributed by atoms with van der Waals surface area (Å²) in [6.45, 7) is -2.00. The molecule has 2 N–H and O–H groups in total. The standard InChI is InChI=1S/C22H26F2N2O5S/c1-29-11-5-10-25-20(28)18-14-6-3-4-7-17(14)32-21(18)26-19(27)13-8-9-15(31-22(23)24)16(12-13)30-2/h8-9,12,22H,3-7,10-11H2,1-2H3,(H,25,28)(H,26,27). The number of carbonyl (C=O) groups excluding carboxylic acids is 2. The minimum Gasteiger partial charge on any atom is -0.493 e. The largest absolute Gasteiger partial charge is 0.493 e. The summed E-state index contributed by atoms with van der Waals surface area (Å²) in [7, 11) is 2.90. The molecule has 3 rings (SSSR count). The third kappa shape index (κ3) is 5.74. The van der Waals surface area contributed by atoms with Crippen molar-refractivity contribution in [1.29, 1.82) is 0 Å². The van der Waals surface area contributed by atoms with Crippen molar-refractivity contribution in [2.24, 2.45) is 0 Å². The van der Waals surface area contributed by atoms with Crippen molar-refractivity contribution in [3.63, 3.8) is 0 Å². The first kappa shape index (κ1) is 23.9. The number of methoxy groups -OCH3 is 2. The minimum absolute atomic E-state index is 0.0135. The fourth-order valence-corrected chi connectivity index (χ4v) is 4.86. The lowest BCUT2D eigenvalue weighted by Gasteiger charge is -2.14. The van der Waals surface area contributed by atoms with Gasteiger partial charge in [-0.2, -0.15) is 8.78 Å². The zero-order chi connectivity index (χ0) is 23.1. The molecule has 0 unspecified atom stereocenters. The highest BCUT2D eigenvalue weighted by Gasteiger charge is 2.26. The summed E-state index contributed by atoms with van der Waals surface area (Å²) >= 11 is 1.41. The van der Waals surface area contributed by atoms with Gasteiger partial charge in [0.2, 0.25) is 0 Å². The van der Waals surface area contributed by atoms with E-state index in [1.54, 1.807) is 7.11 Å². The van der Waals surface area contributed by atoms with E-state index in [0.29, 0.717) is 30.1 Å². The van der Waals surface area contributed by atoms with Crippen LogP contribution in [0.15, 0.2) is 18.2 Å². The van der Waals surface area contributed by atoms with Gasteiger partial charge in [0.1, 0.15) is 5.00 Å². The Labute approximate surface area is 189 Å². The van der Waals surface area contributed by atoms with E-state index in [-0.39, 0.29) is 23.0 Å². The summed E-state index contributed by atoms with van der Waals surface area (Å²) in [6, 6.07) is 3.95. The third-order valence-electron chi connectivity index (χ3n) is 5.08. The first-order chi connectivity index (χ1) is 15.4. The Morgan fingerprint density at radius 2 is 1.91 bits per heavy atom. The molecule has 1 heterocycles. The van der Waals surface area contributed by atoms with Crippen LogP contribution in [0.5, 0.6) is 11.5 Å². The van der Waals surface area contributed by atoms with Gasteiger partial charge in [-0.25, -0.2) is 0 Å². The minimum atomic E-state index is -3.01. The van der Waals surface area contributed by atoms with Gasteiger partial charge in [0.25, 0.3) is 11.8 Å². The van der Waals surface area contributed by atoms with Gasteiger partial charge in [0.05, 0.1) is 12.7 Å². The zero-order valence-corrected chi connectivity index (χ0v) is 18.8. The van der Waals surface area contributed by atoms with Crippen LogP contribution < -0.4 is 20.1 Å². The highest BCUT2D eigenvalue weighted by molar-refractivity contribution is 7.17.